The summed E-state index contributed by atoms with van der Waals surface area (Å²) < 4.78 is 20.1. The van der Waals surface area contributed by atoms with Gasteiger partial charge in [0.25, 0.3) is 5.91 Å². The topological polar surface area (TPSA) is 66.8 Å². The van der Waals surface area contributed by atoms with Crippen LogP contribution in [0.25, 0.3) is 11.1 Å². The molecule has 4 rings (SSSR count). The van der Waals surface area contributed by atoms with Crippen LogP contribution in [0.5, 0.6) is 0 Å². The van der Waals surface area contributed by atoms with Crippen molar-refractivity contribution < 1.29 is 23.8 Å². The summed E-state index contributed by atoms with van der Waals surface area (Å²) in [4.78, 5) is 27.6. The number of benzene rings is 3. The third-order valence-corrected chi connectivity index (χ3v) is 6.37. The molecule has 0 spiro atoms. The van der Waals surface area contributed by atoms with Gasteiger partial charge >= 0.3 is 5.97 Å². The van der Waals surface area contributed by atoms with Crippen molar-refractivity contribution in [3.63, 3.8) is 0 Å². The van der Waals surface area contributed by atoms with Gasteiger partial charge in [0.05, 0.1) is 5.60 Å². The van der Waals surface area contributed by atoms with Gasteiger partial charge in [-0.25, -0.2) is 9.18 Å². The summed E-state index contributed by atoms with van der Waals surface area (Å²) in [7, 11) is 0. The number of carbonyl (C=O) groups is 2. The normalized spacial score (nSPS) is 14.0. The zero-order chi connectivity index (χ0) is 26.4. The predicted molar refractivity (Wildman–Crippen MR) is 139 cm³/mol. The van der Waals surface area contributed by atoms with Gasteiger partial charge in [-0.15, -0.1) is 0 Å². The average Bonchev–Trinajstić information content (AvgIpc) is 3.19. The largest absolute Gasteiger partial charge is 0.479 e. The highest BCUT2D eigenvalue weighted by Crippen LogP contribution is 2.45. The van der Waals surface area contributed by atoms with E-state index in [1.807, 2.05) is 65.0 Å². The molecule has 5 nitrogen and oxygen atoms in total. The van der Waals surface area contributed by atoms with Gasteiger partial charge in [-0.2, -0.15) is 0 Å². The Morgan fingerprint density at radius 1 is 1.00 bits per heavy atom. The zero-order valence-electron chi connectivity index (χ0n) is 21.6. The molecule has 0 bridgehead atoms. The number of fused-ring (bicyclic) bond motifs is 1. The van der Waals surface area contributed by atoms with E-state index in [0.29, 0.717) is 29.7 Å². The number of carboxylic acids is 1. The molecule has 0 unspecified atom stereocenters. The number of rotatable bonds is 5. The van der Waals surface area contributed by atoms with Crippen LogP contribution in [0.2, 0.25) is 0 Å². The second kappa shape index (κ2) is 9.51. The third kappa shape index (κ3) is 5.05. The minimum Gasteiger partial charge on any atom is -0.479 e. The lowest BCUT2D eigenvalue weighted by molar-refractivity contribution is -0.160. The summed E-state index contributed by atoms with van der Waals surface area (Å²) in [5.74, 6) is -1.80. The van der Waals surface area contributed by atoms with Crippen molar-refractivity contribution in [3.05, 3.63) is 87.7 Å². The van der Waals surface area contributed by atoms with E-state index in [4.69, 9.17) is 4.74 Å². The minimum absolute atomic E-state index is 0.279. The molecule has 188 valence electrons. The maximum Gasteiger partial charge on any atom is 0.337 e. The molecule has 3 aromatic carbocycles. The van der Waals surface area contributed by atoms with Crippen molar-refractivity contribution in [1.82, 2.24) is 0 Å². The Morgan fingerprint density at radius 2 is 1.67 bits per heavy atom. The van der Waals surface area contributed by atoms with E-state index in [2.05, 4.69) is 0 Å². The Labute approximate surface area is 211 Å². The van der Waals surface area contributed by atoms with Crippen molar-refractivity contribution in [3.8, 4) is 11.1 Å². The first-order chi connectivity index (χ1) is 16.9. The van der Waals surface area contributed by atoms with Crippen LogP contribution in [-0.2, 0) is 16.0 Å². The molecule has 0 aromatic heterocycles. The van der Waals surface area contributed by atoms with Crippen LogP contribution < -0.4 is 4.90 Å². The van der Waals surface area contributed by atoms with Crippen molar-refractivity contribution in [2.24, 2.45) is 0 Å². The molecule has 1 aliphatic heterocycles. The molecule has 0 saturated carbocycles. The second-order valence-electron chi connectivity index (χ2n) is 10.5. The van der Waals surface area contributed by atoms with Crippen LogP contribution in [-0.4, -0.2) is 29.1 Å². The highest BCUT2D eigenvalue weighted by molar-refractivity contribution is 6.08. The van der Waals surface area contributed by atoms with Crippen LogP contribution in [0.15, 0.2) is 48.5 Å². The van der Waals surface area contributed by atoms with Gasteiger partial charge in [-0.1, -0.05) is 29.8 Å². The number of hydrogen-bond donors (Lipinski definition) is 1. The molecule has 0 aliphatic carbocycles. The van der Waals surface area contributed by atoms with E-state index in [9.17, 15) is 19.1 Å². The molecule has 1 amide bonds. The van der Waals surface area contributed by atoms with Crippen LogP contribution in [0.4, 0.5) is 10.1 Å². The van der Waals surface area contributed by atoms with E-state index in [0.717, 1.165) is 33.5 Å². The summed E-state index contributed by atoms with van der Waals surface area (Å²) in [5.41, 5.74) is 5.95. The van der Waals surface area contributed by atoms with Crippen LogP contribution in [0.3, 0.4) is 0 Å². The second-order valence-corrected chi connectivity index (χ2v) is 10.5. The van der Waals surface area contributed by atoms with E-state index >= 15 is 0 Å². The SMILES string of the molecule is Cc1ccc(-c2c3c(cc(C)c2[C@H](OC(C)(C)C)C(=O)O)N(C(=O)c2cc(C)cc(F)c2)CC3)cc1. The number of aliphatic carboxylic acids is 1. The van der Waals surface area contributed by atoms with Gasteiger partial charge < -0.3 is 14.7 Å². The van der Waals surface area contributed by atoms with Crippen molar-refractivity contribution >= 4 is 17.6 Å². The van der Waals surface area contributed by atoms with Crippen LogP contribution in [0.1, 0.15) is 65.1 Å². The Morgan fingerprint density at radius 3 is 2.25 bits per heavy atom. The van der Waals surface area contributed by atoms with E-state index in [1.54, 1.807) is 17.9 Å². The standard InChI is InChI=1S/C30H32FNO4/c1-17-7-9-20(10-8-17)26-23-11-12-32(28(33)21-13-18(2)14-22(31)16-21)24(23)15-19(3)25(26)27(29(34)35)36-30(4,5)6/h7-10,13-16,27H,11-12H2,1-6H3,(H,34,35)/t27-/m0/s1. The fourth-order valence-electron chi connectivity index (χ4n) is 4.90. The van der Waals surface area contributed by atoms with Crippen molar-refractivity contribution in [2.45, 2.75) is 59.7 Å². The Bertz CT molecular complexity index is 1320. The number of ether oxygens (including phenoxy) is 1. The molecule has 1 atom stereocenters. The Kier molecular flexibility index (Phi) is 6.76. The highest BCUT2D eigenvalue weighted by Gasteiger charge is 2.36. The molecular weight excluding hydrogens is 457 g/mol. The zero-order valence-corrected chi connectivity index (χ0v) is 21.6. The van der Waals surface area contributed by atoms with E-state index in [1.165, 1.54) is 12.1 Å². The summed E-state index contributed by atoms with van der Waals surface area (Å²) >= 11 is 0. The monoisotopic (exact) mass is 489 g/mol. The summed E-state index contributed by atoms with van der Waals surface area (Å²) in [6.45, 7) is 11.5. The molecule has 0 saturated heterocycles. The van der Waals surface area contributed by atoms with Crippen molar-refractivity contribution in [2.75, 3.05) is 11.4 Å². The summed E-state index contributed by atoms with van der Waals surface area (Å²) in [6.07, 6.45) is -0.629. The smallest absolute Gasteiger partial charge is 0.337 e. The number of nitrogens with zero attached hydrogens (tertiary/aromatic N) is 1. The predicted octanol–water partition coefficient (Wildman–Crippen LogP) is 6.56. The first kappa shape index (κ1) is 25.6. The first-order valence-corrected chi connectivity index (χ1v) is 12.1. The lowest BCUT2D eigenvalue weighted by atomic mass is 9.86. The number of amides is 1. The molecule has 36 heavy (non-hydrogen) atoms. The van der Waals surface area contributed by atoms with Gasteiger partial charge in [-0.3, -0.25) is 4.79 Å². The molecular formula is C30H32FNO4. The number of anilines is 1. The molecule has 6 heteroatoms. The molecule has 0 fully saturated rings. The molecule has 1 N–H and O–H groups in total. The number of aryl methyl sites for hydroxylation is 3. The van der Waals surface area contributed by atoms with Crippen LogP contribution >= 0.6 is 0 Å². The number of halogens is 1. The number of carbonyl (C=O) groups excluding carboxylic acids is 1. The van der Waals surface area contributed by atoms with Gasteiger partial charge in [0.15, 0.2) is 6.10 Å². The lowest BCUT2D eigenvalue weighted by Crippen LogP contribution is -2.30. The van der Waals surface area contributed by atoms with E-state index < -0.39 is 23.5 Å². The van der Waals surface area contributed by atoms with E-state index in [-0.39, 0.29) is 5.91 Å². The maximum atomic E-state index is 14.1. The van der Waals surface area contributed by atoms with Gasteiger partial charge in [0.1, 0.15) is 5.82 Å². The molecule has 0 radical (unpaired) electrons. The third-order valence-electron chi connectivity index (χ3n) is 6.37. The summed E-state index contributed by atoms with van der Waals surface area (Å²) in [5, 5.41) is 10.2. The van der Waals surface area contributed by atoms with Crippen molar-refractivity contribution in [1.29, 1.82) is 0 Å². The number of hydrogen-bond acceptors (Lipinski definition) is 3. The average molecular weight is 490 g/mol. The van der Waals surface area contributed by atoms with Gasteiger partial charge in [0.2, 0.25) is 0 Å². The highest BCUT2D eigenvalue weighted by atomic mass is 19.1. The maximum absolute atomic E-state index is 14.1. The Balaban J connectivity index is 1.93. The van der Waals surface area contributed by atoms with Crippen LogP contribution in [0, 0.1) is 26.6 Å². The van der Waals surface area contributed by atoms with Gasteiger partial charge in [0, 0.05) is 23.4 Å². The number of carboxylic acid groups (broad SMARTS) is 1. The fourth-order valence-corrected chi connectivity index (χ4v) is 4.90. The fraction of sp³-hybridized carbons (Fsp3) is 0.333. The minimum atomic E-state index is -1.18. The Hall–Kier alpha value is -3.51. The lowest BCUT2D eigenvalue weighted by Gasteiger charge is -2.29. The quantitative estimate of drug-likeness (QED) is 0.441. The summed E-state index contributed by atoms with van der Waals surface area (Å²) in [6, 6.07) is 14.1. The molecule has 1 heterocycles. The molecule has 3 aromatic rings. The molecule has 1 aliphatic rings. The van der Waals surface area contributed by atoms with Gasteiger partial charge in [-0.05, 0) is 100 Å². The first-order valence-electron chi connectivity index (χ1n) is 12.1.